The number of hydrogen-bond donors (Lipinski definition) is 0. The third-order valence-corrected chi connectivity index (χ3v) is 4.67. The Morgan fingerprint density at radius 1 is 1.30 bits per heavy atom. The molecule has 0 radical (unpaired) electrons. The second-order valence-corrected chi connectivity index (χ2v) is 5.87. The number of hydrogen-bond acceptors (Lipinski definition) is 3. The summed E-state index contributed by atoms with van der Waals surface area (Å²) in [4.78, 5) is 26.7. The van der Waals surface area contributed by atoms with E-state index in [2.05, 4.69) is 5.10 Å². The van der Waals surface area contributed by atoms with Crippen LogP contribution >= 0.6 is 0 Å². The molecule has 1 aliphatic carbocycles. The summed E-state index contributed by atoms with van der Waals surface area (Å²) >= 11 is 0. The monoisotopic (exact) mass is 275 g/mol. The van der Waals surface area contributed by atoms with Gasteiger partial charge in [0.25, 0.3) is 5.91 Å². The van der Waals surface area contributed by atoms with Gasteiger partial charge in [0.2, 0.25) is 0 Å². The Morgan fingerprint density at radius 2 is 2.15 bits per heavy atom. The van der Waals surface area contributed by atoms with Crippen molar-refractivity contribution in [3.63, 3.8) is 0 Å². The molecule has 108 valence electrons. The normalized spacial score (nSPS) is 27.1. The van der Waals surface area contributed by atoms with E-state index < -0.39 is 0 Å². The molecule has 1 amide bonds. The fourth-order valence-corrected chi connectivity index (χ4v) is 3.61. The summed E-state index contributed by atoms with van der Waals surface area (Å²) in [5.74, 6) is 0.431. The molecule has 0 N–H and O–H groups in total. The second kappa shape index (κ2) is 5.38. The SMILES string of the molecule is Cn1nccc1C(=O)N1CCCC1C1CCCCC1=O. The molecule has 0 aromatic carbocycles. The van der Waals surface area contributed by atoms with Gasteiger partial charge in [-0.15, -0.1) is 0 Å². The Hall–Kier alpha value is -1.65. The molecule has 5 heteroatoms. The maximum atomic E-state index is 12.6. The largest absolute Gasteiger partial charge is 0.334 e. The second-order valence-electron chi connectivity index (χ2n) is 5.87. The summed E-state index contributed by atoms with van der Waals surface area (Å²) in [7, 11) is 1.78. The van der Waals surface area contributed by atoms with E-state index in [-0.39, 0.29) is 17.9 Å². The molecule has 3 rings (SSSR count). The van der Waals surface area contributed by atoms with Gasteiger partial charge in [-0.1, -0.05) is 6.42 Å². The average Bonchev–Trinajstić information content (AvgIpc) is 3.07. The fraction of sp³-hybridized carbons (Fsp3) is 0.667. The molecule has 1 aliphatic heterocycles. The van der Waals surface area contributed by atoms with Crippen LogP contribution in [0, 0.1) is 5.92 Å². The number of amides is 1. The van der Waals surface area contributed by atoms with Gasteiger partial charge in [0, 0.05) is 38.2 Å². The van der Waals surface area contributed by atoms with E-state index in [0.29, 0.717) is 17.9 Å². The van der Waals surface area contributed by atoms with Crippen LogP contribution in [0.25, 0.3) is 0 Å². The highest BCUT2D eigenvalue weighted by Crippen LogP contribution is 2.33. The van der Waals surface area contributed by atoms with Crippen molar-refractivity contribution >= 4 is 11.7 Å². The van der Waals surface area contributed by atoms with Crippen molar-refractivity contribution in [2.75, 3.05) is 6.54 Å². The maximum absolute atomic E-state index is 12.6. The quantitative estimate of drug-likeness (QED) is 0.826. The van der Waals surface area contributed by atoms with Gasteiger partial charge < -0.3 is 4.90 Å². The molecule has 1 saturated heterocycles. The average molecular weight is 275 g/mol. The molecule has 0 spiro atoms. The molecule has 20 heavy (non-hydrogen) atoms. The smallest absolute Gasteiger partial charge is 0.272 e. The highest BCUT2D eigenvalue weighted by Gasteiger charge is 2.39. The van der Waals surface area contributed by atoms with Gasteiger partial charge in [-0.3, -0.25) is 14.3 Å². The van der Waals surface area contributed by atoms with Crippen LogP contribution in [0.3, 0.4) is 0 Å². The molecule has 5 nitrogen and oxygen atoms in total. The molecule has 1 saturated carbocycles. The molecule has 2 heterocycles. The Labute approximate surface area is 118 Å². The van der Waals surface area contributed by atoms with Crippen LogP contribution in [0.1, 0.15) is 49.0 Å². The minimum absolute atomic E-state index is 0.0193. The highest BCUT2D eigenvalue weighted by atomic mass is 16.2. The Bertz CT molecular complexity index is 523. The number of carbonyl (C=O) groups is 2. The van der Waals surface area contributed by atoms with Crippen molar-refractivity contribution in [1.29, 1.82) is 0 Å². The summed E-state index contributed by atoms with van der Waals surface area (Å²) in [6.45, 7) is 0.762. The number of Topliss-reactive ketones (excluding diaryl/α,β-unsaturated/α-hetero) is 1. The first-order valence-electron chi connectivity index (χ1n) is 7.50. The van der Waals surface area contributed by atoms with Crippen LogP contribution in [-0.2, 0) is 11.8 Å². The number of aryl methyl sites for hydroxylation is 1. The highest BCUT2D eigenvalue weighted by molar-refractivity contribution is 5.93. The van der Waals surface area contributed by atoms with Crippen LogP contribution in [0.5, 0.6) is 0 Å². The van der Waals surface area contributed by atoms with Crippen LogP contribution in [0.4, 0.5) is 0 Å². The Kier molecular flexibility index (Phi) is 3.59. The van der Waals surface area contributed by atoms with E-state index in [1.54, 1.807) is 24.0 Å². The summed E-state index contributed by atoms with van der Waals surface area (Å²) in [6.07, 6.45) is 7.36. The van der Waals surface area contributed by atoms with Crippen molar-refractivity contribution in [1.82, 2.24) is 14.7 Å². The first kappa shape index (κ1) is 13.3. The standard InChI is InChI=1S/C15H21N3O2/c1-17-13(8-9-16-17)15(20)18-10-4-6-12(18)11-5-2-3-7-14(11)19/h8-9,11-12H,2-7,10H2,1H3. The topological polar surface area (TPSA) is 55.2 Å². The van der Waals surface area contributed by atoms with Gasteiger partial charge in [0.1, 0.15) is 11.5 Å². The van der Waals surface area contributed by atoms with Gasteiger partial charge in [0.05, 0.1) is 0 Å². The lowest BCUT2D eigenvalue weighted by Crippen LogP contribution is -2.44. The van der Waals surface area contributed by atoms with Gasteiger partial charge >= 0.3 is 0 Å². The molecule has 2 aliphatic rings. The van der Waals surface area contributed by atoms with Crippen molar-refractivity contribution < 1.29 is 9.59 Å². The van der Waals surface area contributed by atoms with E-state index in [1.807, 2.05) is 4.90 Å². The predicted molar refractivity (Wildman–Crippen MR) is 74.2 cm³/mol. The van der Waals surface area contributed by atoms with Crippen molar-refractivity contribution in [3.05, 3.63) is 18.0 Å². The van der Waals surface area contributed by atoms with Gasteiger partial charge in [-0.05, 0) is 31.7 Å². The fourth-order valence-electron chi connectivity index (χ4n) is 3.61. The van der Waals surface area contributed by atoms with Crippen molar-refractivity contribution in [2.45, 2.75) is 44.6 Å². The minimum atomic E-state index is 0.0193. The van der Waals surface area contributed by atoms with Gasteiger partial charge in [0.15, 0.2) is 0 Å². The number of likely N-dealkylation sites (tertiary alicyclic amines) is 1. The zero-order valence-electron chi connectivity index (χ0n) is 11.9. The Morgan fingerprint density at radius 3 is 2.85 bits per heavy atom. The van der Waals surface area contributed by atoms with E-state index in [1.165, 1.54) is 0 Å². The molecule has 2 atom stereocenters. The molecule has 1 aromatic heterocycles. The first-order chi connectivity index (χ1) is 9.68. The number of carbonyl (C=O) groups excluding carboxylic acids is 2. The number of ketones is 1. The first-order valence-corrected chi connectivity index (χ1v) is 7.50. The van der Waals surface area contributed by atoms with Crippen molar-refractivity contribution in [2.24, 2.45) is 13.0 Å². The molecule has 2 fully saturated rings. The number of aromatic nitrogens is 2. The minimum Gasteiger partial charge on any atom is -0.334 e. The molecule has 0 bridgehead atoms. The van der Waals surface area contributed by atoms with Gasteiger partial charge in [-0.25, -0.2) is 0 Å². The zero-order chi connectivity index (χ0) is 14.1. The lowest BCUT2D eigenvalue weighted by molar-refractivity contribution is -0.126. The Balaban J connectivity index is 1.80. The number of rotatable bonds is 2. The summed E-state index contributed by atoms with van der Waals surface area (Å²) in [5.41, 5.74) is 0.611. The maximum Gasteiger partial charge on any atom is 0.272 e. The van der Waals surface area contributed by atoms with Crippen LogP contribution in [0.2, 0.25) is 0 Å². The van der Waals surface area contributed by atoms with E-state index in [4.69, 9.17) is 0 Å². The lowest BCUT2D eigenvalue weighted by atomic mass is 9.82. The summed E-state index contributed by atoms with van der Waals surface area (Å²) < 4.78 is 1.61. The predicted octanol–water partition coefficient (Wildman–Crippen LogP) is 1.78. The van der Waals surface area contributed by atoms with Gasteiger partial charge in [-0.2, -0.15) is 5.10 Å². The third kappa shape index (κ3) is 2.25. The molecule has 2 unspecified atom stereocenters. The van der Waals surface area contributed by atoms with E-state index >= 15 is 0 Å². The zero-order valence-corrected chi connectivity index (χ0v) is 11.9. The van der Waals surface area contributed by atoms with E-state index in [9.17, 15) is 9.59 Å². The van der Waals surface area contributed by atoms with Crippen LogP contribution in [-0.4, -0.2) is 39.0 Å². The summed E-state index contributed by atoms with van der Waals surface area (Å²) in [6, 6.07) is 1.85. The molecule has 1 aromatic rings. The van der Waals surface area contributed by atoms with Crippen molar-refractivity contribution in [3.8, 4) is 0 Å². The van der Waals surface area contributed by atoms with Crippen LogP contribution < -0.4 is 0 Å². The number of nitrogens with zero attached hydrogens (tertiary/aromatic N) is 3. The summed E-state index contributed by atoms with van der Waals surface area (Å²) in [5, 5.41) is 4.06. The molecular weight excluding hydrogens is 254 g/mol. The third-order valence-electron chi connectivity index (χ3n) is 4.67. The van der Waals surface area contributed by atoms with Crippen LogP contribution in [0.15, 0.2) is 12.3 Å². The molecular formula is C15H21N3O2. The van der Waals surface area contributed by atoms with E-state index in [0.717, 1.165) is 38.6 Å². The lowest BCUT2D eigenvalue weighted by Gasteiger charge is -2.33.